The number of aliphatic imine (C=N–C) groups is 1. The van der Waals surface area contributed by atoms with Crippen molar-refractivity contribution in [2.45, 2.75) is 25.9 Å². The molecule has 140 valence electrons. The molecule has 5 nitrogen and oxygen atoms in total. The molecular weight excluding hydrogens is 345 g/mol. The number of aliphatic hydroxyl groups excluding tert-OH is 1. The first-order valence-corrected chi connectivity index (χ1v) is 8.92. The van der Waals surface area contributed by atoms with Gasteiger partial charge >= 0.3 is 0 Å². The Morgan fingerprint density at radius 3 is 2.56 bits per heavy atom. The van der Waals surface area contributed by atoms with E-state index in [0.717, 1.165) is 17.7 Å². The number of hydrogen-bond acceptors (Lipinski definition) is 3. The van der Waals surface area contributed by atoms with Crippen LogP contribution >= 0.6 is 0 Å². The zero-order chi connectivity index (χ0) is 19.2. The van der Waals surface area contributed by atoms with E-state index in [2.05, 4.69) is 10.1 Å². The summed E-state index contributed by atoms with van der Waals surface area (Å²) in [6.45, 7) is 2.18. The second-order valence-electron chi connectivity index (χ2n) is 6.29. The number of halogens is 1. The molecule has 27 heavy (non-hydrogen) atoms. The SMILES string of the molecule is CCCc1[nH]n(-c2ccc(F)cc2)c(=O)c1C=NCC(O)c1ccccc1. The summed E-state index contributed by atoms with van der Waals surface area (Å²) in [4.78, 5) is 17.1. The molecule has 1 atom stereocenters. The topological polar surface area (TPSA) is 70.4 Å². The highest BCUT2D eigenvalue weighted by Crippen LogP contribution is 2.13. The van der Waals surface area contributed by atoms with Crippen LogP contribution in [-0.2, 0) is 6.42 Å². The highest BCUT2D eigenvalue weighted by atomic mass is 19.1. The van der Waals surface area contributed by atoms with Crippen molar-refractivity contribution in [3.05, 3.63) is 87.6 Å². The molecule has 2 N–H and O–H groups in total. The van der Waals surface area contributed by atoms with Crippen molar-refractivity contribution in [1.29, 1.82) is 0 Å². The van der Waals surface area contributed by atoms with Gasteiger partial charge in [0.25, 0.3) is 5.56 Å². The Kier molecular flexibility index (Phi) is 5.98. The second-order valence-corrected chi connectivity index (χ2v) is 6.29. The molecule has 6 heteroatoms. The van der Waals surface area contributed by atoms with Gasteiger partial charge in [0, 0.05) is 11.9 Å². The summed E-state index contributed by atoms with van der Waals surface area (Å²) in [5, 5.41) is 13.3. The van der Waals surface area contributed by atoms with Gasteiger partial charge in [-0.1, -0.05) is 43.7 Å². The Labute approximate surface area is 156 Å². The third-order valence-electron chi connectivity index (χ3n) is 4.27. The molecule has 0 aliphatic heterocycles. The third kappa shape index (κ3) is 4.41. The van der Waals surface area contributed by atoms with Gasteiger partial charge in [0.1, 0.15) is 5.82 Å². The molecule has 1 unspecified atom stereocenters. The molecule has 0 spiro atoms. The molecule has 0 aliphatic rings. The van der Waals surface area contributed by atoms with E-state index in [1.807, 2.05) is 37.3 Å². The van der Waals surface area contributed by atoms with E-state index in [9.17, 15) is 14.3 Å². The lowest BCUT2D eigenvalue weighted by atomic mass is 10.1. The second kappa shape index (κ2) is 8.60. The molecular formula is C21H22FN3O2. The van der Waals surface area contributed by atoms with Gasteiger partial charge in [-0.15, -0.1) is 0 Å². The van der Waals surface area contributed by atoms with Gasteiger partial charge < -0.3 is 5.11 Å². The number of H-pyrrole nitrogens is 1. The van der Waals surface area contributed by atoms with E-state index in [0.29, 0.717) is 17.7 Å². The summed E-state index contributed by atoms with van der Waals surface area (Å²) in [5.41, 5.74) is 2.32. The minimum Gasteiger partial charge on any atom is -0.386 e. The molecule has 3 aromatic rings. The van der Waals surface area contributed by atoms with E-state index in [1.165, 1.54) is 23.0 Å². The maximum Gasteiger partial charge on any atom is 0.280 e. The van der Waals surface area contributed by atoms with Crippen LogP contribution in [0.4, 0.5) is 4.39 Å². The normalized spacial score (nSPS) is 12.6. The molecule has 0 radical (unpaired) electrons. The minimum atomic E-state index is -0.727. The highest BCUT2D eigenvalue weighted by molar-refractivity contribution is 5.81. The lowest BCUT2D eigenvalue weighted by Crippen LogP contribution is -2.17. The largest absolute Gasteiger partial charge is 0.386 e. The average molecular weight is 367 g/mol. The van der Waals surface area contributed by atoms with Gasteiger partial charge in [0.15, 0.2) is 0 Å². The summed E-state index contributed by atoms with van der Waals surface area (Å²) in [6, 6.07) is 15.0. The maximum absolute atomic E-state index is 13.1. The van der Waals surface area contributed by atoms with Crippen LogP contribution in [0.15, 0.2) is 64.4 Å². The van der Waals surface area contributed by atoms with Crippen molar-refractivity contribution in [3.63, 3.8) is 0 Å². The van der Waals surface area contributed by atoms with Crippen molar-refractivity contribution in [2.24, 2.45) is 4.99 Å². The highest BCUT2D eigenvalue weighted by Gasteiger charge is 2.13. The molecule has 0 saturated carbocycles. The number of aryl methyl sites for hydroxylation is 1. The number of aromatic nitrogens is 2. The first-order valence-electron chi connectivity index (χ1n) is 8.92. The predicted octanol–water partition coefficient (Wildman–Crippen LogP) is 3.41. The quantitative estimate of drug-likeness (QED) is 0.628. The number of aromatic amines is 1. The standard InChI is InChI=1S/C21H22FN3O2/c1-2-6-19-18(13-23-14-20(26)15-7-4-3-5-8-15)21(27)25(24-19)17-11-9-16(22)10-12-17/h3-5,7-13,20,24,26H,2,6,14H2,1H3. The van der Waals surface area contributed by atoms with Crippen molar-refractivity contribution >= 4 is 6.21 Å². The number of nitrogens with one attached hydrogen (secondary N) is 1. The number of hydrogen-bond donors (Lipinski definition) is 2. The third-order valence-corrected chi connectivity index (χ3v) is 4.27. The van der Waals surface area contributed by atoms with Crippen molar-refractivity contribution in [3.8, 4) is 5.69 Å². The number of rotatable bonds is 7. The van der Waals surface area contributed by atoms with Gasteiger partial charge in [-0.2, -0.15) is 0 Å². The Bertz CT molecular complexity index is 959. The van der Waals surface area contributed by atoms with Crippen molar-refractivity contribution in [2.75, 3.05) is 6.54 Å². The summed E-state index contributed by atoms with van der Waals surface area (Å²) in [7, 11) is 0. The lowest BCUT2D eigenvalue weighted by molar-refractivity contribution is 0.187. The van der Waals surface area contributed by atoms with Crippen LogP contribution in [0.3, 0.4) is 0 Å². The molecule has 2 aromatic carbocycles. The minimum absolute atomic E-state index is 0.163. The number of benzene rings is 2. The Hall–Kier alpha value is -2.99. The first kappa shape index (κ1) is 18.8. The van der Waals surface area contributed by atoms with Crippen LogP contribution in [-0.4, -0.2) is 27.6 Å². The zero-order valence-corrected chi connectivity index (χ0v) is 15.1. The Balaban J connectivity index is 1.85. The fourth-order valence-corrected chi connectivity index (χ4v) is 2.87. The Morgan fingerprint density at radius 2 is 1.89 bits per heavy atom. The van der Waals surface area contributed by atoms with Gasteiger partial charge in [0.05, 0.1) is 23.9 Å². The molecule has 1 aromatic heterocycles. The van der Waals surface area contributed by atoms with Gasteiger partial charge in [0.2, 0.25) is 0 Å². The summed E-state index contributed by atoms with van der Waals surface area (Å²) >= 11 is 0. The van der Waals surface area contributed by atoms with E-state index in [1.54, 1.807) is 12.1 Å². The first-order chi connectivity index (χ1) is 13.1. The molecule has 0 fully saturated rings. The fraction of sp³-hybridized carbons (Fsp3) is 0.238. The van der Waals surface area contributed by atoms with Crippen LogP contribution in [0, 0.1) is 5.82 Å². The van der Waals surface area contributed by atoms with E-state index >= 15 is 0 Å². The number of nitrogens with zero attached hydrogens (tertiary/aromatic N) is 2. The van der Waals surface area contributed by atoms with Crippen LogP contribution < -0.4 is 5.56 Å². The lowest BCUT2D eigenvalue weighted by Gasteiger charge is -2.06. The van der Waals surface area contributed by atoms with E-state index in [-0.39, 0.29) is 17.9 Å². The van der Waals surface area contributed by atoms with Crippen LogP contribution in [0.1, 0.15) is 36.3 Å². The van der Waals surface area contributed by atoms with Crippen LogP contribution in [0.2, 0.25) is 0 Å². The van der Waals surface area contributed by atoms with Gasteiger partial charge in [-0.05, 0) is 36.2 Å². The monoisotopic (exact) mass is 367 g/mol. The Morgan fingerprint density at radius 1 is 1.19 bits per heavy atom. The molecule has 0 saturated heterocycles. The van der Waals surface area contributed by atoms with Gasteiger partial charge in [-0.3, -0.25) is 14.9 Å². The molecule has 0 aliphatic carbocycles. The zero-order valence-electron chi connectivity index (χ0n) is 15.1. The van der Waals surface area contributed by atoms with E-state index < -0.39 is 6.10 Å². The van der Waals surface area contributed by atoms with Crippen molar-refractivity contribution < 1.29 is 9.50 Å². The smallest absolute Gasteiger partial charge is 0.280 e. The van der Waals surface area contributed by atoms with Crippen molar-refractivity contribution in [1.82, 2.24) is 9.78 Å². The average Bonchev–Trinajstić information content (AvgIpc) is 2.99. The summed E-state index contributed by atoms with van der Waals surface area (Å²) in [6.07, 6.45) is 2.33. The molecule has 3 rings (SSSR count). The molecule has 0 amide bonds. The van der Waals surface area contributed by atoms with Crippen LogP contribution in [0.25, 0.3) is 5.69 Å². The maximum atomic E-state index is 13.1. The van der Waals surface area contributed by atoms with E-state index in [4.69, 9.17) is 0 Å². The number of aliphatic hydroxyl groups is 1. The summed E-state index contributed by atoms with van der Waals surface area (Å²) < 4.78 is 14.5. The summed E-state index contributed by atoms with van der Waals surface area (Å²) in [5.74, 6) is -0.358. The predicted molar refractivity (Wildman–Crippen MR) is 104 cm³/mol. The van der Waals surface area contributed by atoms with Crippen LogP contribution in [0.5, 0.6) is 0 Å². The fourth-order valence-electron chi connectivity index (χ4n) is 2.87. The van der Waals surface area contributed by atoms with Gasteiger partial charge in [-0.25, -0.2) is 9.07 Å². The molecule has 1 heterocycles. The molecule has 0 bridgehead atoms.